The van der Waals surface area contributed by atoms with Crippen LogP contribution in [-0.4, -0.2) is 59.6 Å². The molecule has 33 heavy (non-hydrogen) atoms. The van der Waals surface area contributed by atoms with E-state index in [2.05, 4.69) is 15.6 Å². The lowest BCUT2D eigenvalue weighted by molar-refractivity contribution is -0.133. The summed E-state index contributed by atoms with van der Waals surface area (Å²) in [6.45, 7) is 6.78. The summed E-state index contributed by atoms with van der Waals surface area (Å²) in [5.41, 5.74) is 0.816. The molecular weight excluding hydrogens is 422 g/mol. The van der Waals surface area contributed by atoms with Crippen molar-refractivity contribution in [3.05, 3.63) is 35.5 Å². The van der Waals surface area contributed by atoms with Crippen molar-refractivity contribution in [2.45, 2.75) is 39.7 Å². The van der Waals surface area contributed by atoms with Gasteiger partial charge in [0.1, 0.15) is 5.71 Å². The molecule has 3 aliphatic rings. The third-order valence-electron chi connectivity index (χ3n) is 6.64. The fourth-order valence-electron chi connectivity index (χ4n) is 4.25. The van der Waals surface area contributed by atoms with E-state index in [-0.39, 0.29) is 43.2 Å². The molecule has 176 valence electrons. The van der Waals surface area contributed by atoms with Crippen LogP contribution in [0, 0.1) is 29.6 Å². The Bertz CT molecular complexity index is 1010. The highest BCUT2D eigenvalue weighted by molar-refractivity contribution is 6.39. The van der Waals surface area contributed by atoms with E-state index in [9.17, 15) is 14.4 Å². The Kier molecular flexibility index (Phi) is 6.23. The minimum Gasteiger partial charge on any atom is -0.477 e. The van der Waals surface area contributed by atoms with Gasteiger partial charge in [0, 0.05) is 44.2 Å². The van der Waals surface area contributed by atoms with Crippen LogP contribution in [0.5, 0.6) is 5.88 Å². The van der Waals surface area contributed by atoms with E-state index < -0.39 is 17.2 Å². The molecule has 2 fully saturated rings. The first-order valence-corrected chi connectivity index (χ1v) is 11.4. The van der Waals surface area contributed by atoms with E-state index in [1.807, 2.05) is 19.9 Å². The fraction of sp³-hybridized carbons (Fsp3) is 0.542. The zero-order valence-electron chi connectivity index (χ0n) is 19.3. The number of carbonyl (C=O) groups is 3. The van der Waals surface area contributed by atoms with E-state index in [0.29, 0.717) is 18.4 Å². The maximum absolute atomic E-state index is 13.3. The molecule has 1 spiro atoms. The number of nitrogens with zero attached hydrogens (tertiary/aromatic N) is 2. The zero-order chi connectivity index (χ0) is 23.8. The standard InChI is InChI=1S/C24H31N5O4/c1-14-10-18(11-28-22(14)33-13-17-4-5-17)15(2)29-12-19(24(6-7-24)23(29)32)20(25)21(31)27-9-8-26-16(3)30/h6-7,10-11,15,17,19,25H,4-5,8-9,12-13H2,1-3H3,(H,26,30)(H,27,31). The van der Waals surface area contributed by atoms with Gasteiger partial charge in [-0.1, -0.05) is 12.2 Å². The molecule has 0 radical (unpaired) electrons. The number of hydrogen-bond donors (Lipinski definition) is 3. The molecule has 3 amide bonds. The highest BCUT2D eigenvalue weighted by atomic mass is 16.5. The average molecular weight is 454 g/mol. The third-order valence-corrected chi connectivity index (χ3v) is 6.64. The highest BCUT2D eigenvalue weighted by Crippen LogP contribution is 2.51. The molecule has 1 aliphatic heterocycles. The molecule has 2 atom stereocenters. The number of carbonyl (C=O) groups excluding carboxylic acids is 3. The van der Waals surface area contributed by atoms with Gasteiger partial charge in [0.25, 0.3) is 5.91 Å². The maximum atomic E-state index is 13.3. The number of rotatable bonds is 10. The van der Waals surface area contributed by atoms with Crippen molar-refractivity contribution in [1.29, 1.82) is 5.41 Å². The molecule has 4 rings (SSSR count). The van der Waals surface area contributed by atoms with Gasteiger partial charge in [-0.25, -0.2) is 4.98 Å². The van der Waals surface area contributed by atoms with Crippen molar-refractivity contribution in [1.82, 2.24) is 20.5 Å². The van der Waals surface area contributed by atoms with Gasteiger partial charge < -0.3 is 20.3 Å². The van der Waals surface area contributed by atoms with E-state index in [0.717, 1.165) is 11.1 Å². The van der Waals surface area contributed by atoms with E-state index in [1.54, 1.807) is 23.2 Å². The van der Waals surface area contributed by atoms with Crippen molar-refractivity contribution in [3.8, 4) is 5.88 Å². The van der Waals surface area contributed by atoms with Gasteiger partial charge in [-0.05, 0) is 44.2 Å². The van der Waals surface area contributed by atoms with Crippen LogP contribution >= 0.6 is 0 Å². The smallest absolute Gasteiger partial charge is 0.265 e. The van der Waals surface area contributed by atoms with Crippen molar-refractivity contribution >= 4 is 23.4 Å². The number of pyridine rings is 1. The highest BCUT2D eigenvalue weighted by Gasteiger charge is 2.60. The SMILES string of the molecule is CC(=O)NCCNC(=O)C(=N)C1CN(C(C)c2cnc(OCC3CC3)c(C)c2)C(=O)C12C=C2. The molecule has 2 heterocycles. The Morgan fingerprint density at radius 1 is 1.30 bits per heavy atom. The summed E-state index contributed by atoms with van der Waals surface area (Å²) in [6, 6.07) is 1.74. The lowest BCUT2D eigenvalue weighted by atomic mass is 9.85. The molecule has 2 unspecified atom stereocenters. The number of hydrogen-bond acceptors (Lipinski definition) is 6. The predicted molar refractivity (Wildman–Crippen MR) is 122 cm³/mol. The Morgan fingerprint density at radius 2 is 2.00 bits per heavy atom. The number of aromatic nitrogens is 1. The molecular formula is C24H31N5O4. The molecule has 9 nitrogen and oxygen atoms in total. The Hall–Kier alpha value is -3.23. The third kappa shape index (κ3) is 4.77. The number of likely N-dealkylation sites (tertiary alicyclic amines) is 1. The number of nitrogens with one attached hydrogen (secondary N) is 3. The van der Waals surface area contributed by atoms with Crippen molar-refractivity contribution in [3.63, 3.8) is 0 Å². The normalized spacial score (nSPS) is 21.1. The second-order valence-corrected chi connectivity index (χ2v) is 9.25. The molecule has 1 saturated carbocycles. The Morgan fingerprint density at radius 3 is 2.61 bits per heavy atom. The van der Waals surface area contributed by atoms with Gasteiger partial charge in [-0.2, -0.15) is 0 Å². The van der Waals surface area contributed by atoms with Crippen LogP contribution in [0.15, 0.2) is 24.4 Å². The lowest BCUT2D eigenvalue weighted by Gasteiger charge is -2.25. The Labute approximate surface area is 193 Å². The molecule has 1 aromatic heterocycles. The predicted octanol–water partition coefficient (Wildman–Crippen LogP) is 1.53. The van der Waals surface area contributed by atoms with E-state index in [4.69, 9.17) is 10.1 Å². The van der Waals surface area contributed by atoms with Gasteiger partial charge in [0.2, 0.25) is 17.7 Å². The van der Waals surface area contributed by atoms with E-state index in [1.165, 1.54) is 19.8 Å². The fourth-order valence-corrected chi connectivity index (χ4v) is 4.25. The topological polar surface area (TPSA) is 124 Å². The first-order valence-electron chi connectivity index (χ1n) is 11.4. The summed E-state index contributed by atoms with van der Waals surface area (Å²) in [4.78, 5) is 42.9. The van der Waals surface area contributed by atoms with Gasteiger partial charge in [-0.3, -0.25) is 19.8 Å². The van der Waals surface area contributed by atoms with Gasteiger partial charge in [0.05, 0.1) is 18.1 Å². The molecule has 2 aliphatic carbocycles. The summed E-state index contributed by atoms with van der Waals surface area (Å²) in [5.74, 6) is -0.0642. The molecule has 9 heteroatoms. The zero-order valence-corrected chi connectivity index (χ0v) is 19.3. The monoisotopic (exact) mass is 453 g/mol. The van der Waals surface area contributed by atoms with Crippen molar-refractivity contribution in [2.75, 3.05) is 26.2 Å². The van der Waals surface area contributed by atoms with Crippen LogP contribution in [0.4, 0.5) is 0 Å². The quantitative estimate of drug-likeness (QED) is 0.282. The van der Waals surface area contributed by atoms with Crippen LogP contribution in [0.1, 0.15) is 43.9 Å². The number of aryl methyl sites for hydroxylation is 1. The first kappa shape index (κ1) is 22.9. The molecule has 0 bridgehead atoms. The van der Waals surface area contributed by atoms with Crippen LogP contribution in [0.25, 0.3) is 0 Å². The van der Waals surface area contributed by atoms with Crippen LogP contribution in [0.3, 0.4) is 0 Å². The molecule has 0 aromatic carbocycles. The minimum atomic E-state index is -0.879. The lowest BCUT2D eigenvalue weighted by Crippen LogP contribution is -2.41. The summed E-state index contributed by atoms with van der Waals surface area (Å²) >= 11 is 0. The van der Waals surface area contributed by atoms with E-state index >= 15 is 0 Å². The van der Waals surface area contributed by atoms with Crippen molar-refractivity contribution in [2.24, 2.45) is 17.3 Å². The minimum absolute atomic E-state index is 0.0949. The summed E-state index contributed by atoms with van der Waals surface area (Å²) in [6.07, 6.45) is 7.73. The van der Waals surface area contributed by atoms with Crippen molar-refractivity contribution < 1.29 is 19.1 Å². The summed E-state index contributed by atoms with van der Waals surface area (Å²) < 4.78 is 5.82. The van der Waals surface area contributed by atoms with Crippen LogP contribution < -0.4 is 15.4 Å². The Balaban J connectivity index is 1.40. The maximum Gasteiger partial charge on any atom is 0.265 e. The number of ether oxygens (including phenoxy) is 1. The summed E-state index contributed by atoms with van der Waals surface area (Å²) in [7, 11) is 0. The first-order chi connectivity index (χ1) is 15.7. The number of amides is 3. The van der Waals surface area contributed by atoms with Crippen LogP contribution in [0.2, 0.25) is 0 Å². The van der Waals surface area contributed by atoms with Gasteiger partial charge in [0.15, 0.2) is 0 Å². The molecule has 3 N–H and O–H groups in total. The second kappa shape index (κ2) is 8.96. The molecule has 1 aromatic rings. The van der Waals surface area contributed by atoms with Gasteiger partial charge >= 0.3 is 0 Å². The van der Waals surface area contributed by atoms with Crippen LogP contribution in [-0.2, 0) is 14.4 Å². The van der Waals surface area contributed by atoms with Gasteiger partial charge in [-0.15, -0.1) is 0 Å². The largest absolute Gasteiger partial charge is 0.477 e. The average Bonchev–Trinajstić information content (AvgIpc) is 3.69. The summed E-state index contributed by atoms with van der Waals surface area (Å²) in [5, 5.41) is 13.7. The molecule has 1 saturated heterocycles. The second-order valence-electron chi connectivity index (χ2n) is 9.25.